The first-order valence-corrected chi connectivity index (χ1v) is 8.02. The third kappa shape index (κ3) is 3.40. The molecule has 1 atom stereocenters. The van der Waals surface area contributed by atoms with Gasteiger partial charge in [-0.15, -0.1) is 0 Å². The quantitative estimate of drug-likeness (QED) is 0.902. The van der Waals surface area contributed by atoms with E-state index >= 15 is 0 Å². The number of hydrogen-bond acceptors (Lipinski definition) is 3. The molecule has 0 bridgehead atoms. The Hall–Kier alpha value is -0.900. The van der Waals surface area contributed by atoms with Crippen molar-refractivity contribution in [2.75, 3.05) is 39.8 Å². The monoisotopic (exact) mass is 273 g/mol. The summed E-state index contributed by atoms with van der Waals surface area (Å²) in [4.78, 5) is 5.25. The van der Waals surface area contributed by atoms with Gasteiger partial charge in [0.05, 0.1) is 0 Å². The fourth-order valence-electron chi connectivity index (χ4n) is 3.66. The van der Waals surface area contributed by atoms with Crippen molar-refractivity contribution in [1.82, 2.24) is 15.1 Å². The normalized spacial score (nSPS) is 26.8. The van der Waals surface area contributed by atoms with Crippen LogP contribution in [0.4, 0.5) is 0 Å². The lowest BCUT2D eigenvalue weighted by Gasteiger charge is -2.44. The van der Waals surface area contributed by atoms with Gasteiger partial charge in [0, 0.05) is 31.7 Å². The van der Waals surface area contributed by atoms with E-state index in [2.05, 4.69) is 52.5 Å². The van der Waals surface area contributed by atoms with Gasteiger partial charge >= 0.3 is 0 Å². The van der Waals surface area contributed by atoms with Gasteiger partial charge in [0.2, 0.25) is 0 Å². The lowest BCUT2D eigenvalue weighted by Crippen LogP contribution is -2.57. The average molecular weight is 273 g/mol. The Morgan fingerprint density at radius 3 is 2.60 bits per heavy atom. The van der Waals surface area contributed by atoms with Gasteiger partial charge in [-0.1, -0.05) is 30.3 Å². The zero-order valence-corrected chi connectivity index (χ0v) is 12.6. The molecule has 1 unspecified atom stereocenters. The molecule has 0 saturated carbocycles. The molecule has 2 heterocycles. The summed E-state index contributed by atoms with van der Waals surface area (Å²) in [6, 6.07) is 12.4. The molecule has 0 aromatic heterocycles. The van der Waals surface area contributed by atoms with Crippen molar-refractivity contribution < 1.29 is 0 Å². The maximum Gasteiger partial charge on any atom is 0.0264 e. The molecular weight excluding hydrogens is 246 g/mol. The van der Waals surface area contributed by atoms with Gasteiger partial charge in [0.25, 0.3) is 0 Å². The molecule has 0 aliphatic carbocycles. The van der Waals surface area contributed by atoms with E-state index in [0.717, 1.165) is 19.1 Å². The second-order valence-electron chi connectivity index (χ2n) is 6.32. The van der Waals surface area contributed by atoms with E-state index in [1.807, 2.05) is 0 Å². The summed E-state index contributed by atoms with van der Waals surface area (Å²) in [5.41, 5.74) is 1.47. The van der Waals surface area contributed by atoms with Crippen molar-refractivity contribution >= 4 is 0 Å². The standard InChI is InChI=1S/C17H27N3/c1-19-10-7-16(8-11-19)20-12-9-18-14-17(20)13-15-5-3-2-4-6-15/h2-6,16-18H,7-14H2,1H3. The van der Waals surface area contributed by atoms with Crippen LogP contribution in [0.2, 0.25) is 0 Å². The minimum atomic E-state index is 0.666. The van der Waals surface area contributed by atoms with Crippen LogP contribution in [0.3, 0.4) is 0 Å². The summed E-state index contributed by atoms with van der Waals surface area (Å²) in [6.07, 6.45) is 3.85. The lowest BCUT2D eigenvalue weighted by molar-refractivity contribution is 0.0642. The molecule has 110 valence electrons. The van der Waals surface area contributed by atoms with Gasteiger partial charge < -0.3 is 10.2 Å². The van der Waals surface area contributed by atoms with E-state index in [-0.39, 0.29) is 0 Å². The van der Waals surface area contributed by atoms with E-state index < -0.39 is 0 Å². The molecule has 20 heavy (non-hydrogen) atoms. The van der Waals surface area contributed by atoms with Crippen LogP contribution in [0.15, 0.2) is 30.3 Å². The van der Waals surface area contributed by atoms with Crippen molar-refractivity contribution in [3.05, 3.63) is 35.9 Å². The second-order valence-corrected chi connectivity index (χ2v) is 6.32. The van der Waals surface area contributed by atoms with Crippen LogP contribution in [0, 0.1) is 0 Å². The first kappa shape index (κ1) is 14.1. The van der Waals surface area contributed by atoms with Crippen LogP contribution in [0.1, 0.15) is 18.4 Å². The van der Waals surface area contributed by atoms with Crippen LogP contribution in [0.25, 0.3) is 0 Å². The Labute approximate surface area is 123 Å². The first-order chi connectivity index (χ1) is 9.83. The molecule has 1 aromatic rings. The van der Waals surface area contributed by atoms with Crippen molar-refractivity contribution in [1.29, 1.82) is 0 Å². The fraction of sp³-hybridized carbons (Fsp3) is 0.647. The largest absolute Gasteiger partial charge is 0.314 e. The van der Waals surface area contributed by atoms with Gasteiger partial charge in [-0.3, -0.25) is 4.90 Å². The number of rotatable bonds is 3. The highest BCUT2D eigenvalue weighted by Crippen LogP contribution is 2.21. The number of nitrogens with zero attached hydrogens (tertiary/aromatic N) is 2. The zero-order valence-electron chi connectivity index (χ0n) is 12.6. The van der Waals surface area contributed by atoms with Crippen LogP contribution < -0.4 is 5.32 Å². The molecule has 2 aliphatic rings. The third-order valence-corrected chi connectivity index (χ3v) is 4.87. The van der Waals surface area contributed by atoms with E-state index in [1.54, 1.807) is 0 Å². The van der Waals surface area contributed by atoms with Gasteiger partial charge in [0.1, 0.15) is 0 Å². The summed E-state index contributed by atoms with van der Waals surface area (Å²) in [5, 5.41) is 3.58. The minimum Gasteiger partial charge on any atom is -0.314 e. The van der Waals surface area contributed by atoms with Gasteiger partial charge in [-0.2, -0.15) is 0 Å². The molecule has 3 heteroatoms. The molecule has 1 aromatic carbocycles. The third-order valence-electron chi connectivity index (χ3n) is 4.87. The minimum absolute atomic E-state index is 0.666. The maximum atomic E-state index is 3.58. The number of piperazine rings is 1. The molecule has 1 N–H and O–H groups in total. The molecule has 2 saturated heterocycles. The molecule has 2 fully saturated rings. The van der Waals surface area contributed by atoms with E-state index in [4.69, 9.17) is 0 Å². The fourth-order valence-corrected chi connectivity index (χ4v) is 3.66. The lowest BCUT2D eigenvalue weighted by atomic mass is 9.96. The molecule has 3 rings (SSSR count). The van der Waals surface area contributed by atoms with Gasteiger partial charge in [-0.25, -0.2) is 0 Å². The van der Waals surface area contributed by atoms with Crippen LogP contribution in [-0.4, -0.2) is 61.7 Å². The predicted octanol–water partition coefficient (Wildman–Crippen LogP) is 1.60. The Kier molecular flexibility index (Phi) is 4.71. The summed E-state index contributed by atoms with van der Waals surface area (Å²) < 4.78 is 0. The second kappa shape index (κ2) is 6.70. The zero-order chi connectivity index (χ0) is 13.8. The predicted molar refractivity (Wildman–Crippen MR) is 84.0 cm³/mol. The summed E-state index contributed by atoms with van der Waals surface area (Å²) in [7, 11) is 2.25. The van der Waals surface area contributed by atoms with E-state index in [0.29, 0.717) is 6.04 Å². The summed E-state index contributed by atoms with van der Waals surface area (Å²) in [6.45, 7) is 6.02. The molecular formula is C17H27N3. The highest BCUT2D eigenvalue weighted by Gasteiger charge is 2.30. The highest BCUT2D eigenvalue weighted by molar-refractivity contribution is 5.16. The maximum absolute atomic E-state index is 3.58. The molecule has 0 amide bonds. The number of benzene rings is 1. The number of hydrogen-bond donors (Lipinski definition) is 1. The van der Waals surface area contributed by atoms with Crippen LogP contribution >= 0.6 is 0 Å². The Morgan fingerprint density at radius 2 is 1.85 bits per heavy atom. The van der Waals surface area contributed by atoms with E-state index in [1.165, 1.54) is 44.5 Å². The Morgan fingerprint density at radius 1 is 1.10 bits per heavy atom. The van der Waals surface area contributed by atoms with Crippen LogP contribution in [0.5, 0.6) is 0 Å². The van der Waals surface area contributed by atoms with Gasteiger partial charge in [-0.05, 0) is 45.0 Å². The Bertz CT molecular complexity index is 398. The Balaban J connectivity index is 1.64. The summed E-state index contributed by atoms with van der Waals surface area (Å²) in [5.74, 6) is 0. The first-order valence-electron chi connectivity index (χ1n) is 8.02. The van der Waals surface area contributed by atoms with Crippen molar-refractivity contribution in [3.8, 4) is 0 Å². The van der Waals surface area contributed by atoms with Crippen LogP contribution in [-0.2, 0) is 6.42 Å². The van der Waals surface area contributed by atoms with Crippen molar-refractivity contribution in [3.63, 3.8) is 0 Å². The average Bonchev–Trinajstić information content (AvgIpc) is 2.50. The molecule has 0 spiro atoms. The number of likely N-dealkylation sites (tertiary alicyclic amines) is 1. The van der Waals surface area contributed by atoms with Gasteiger partial charge in [0.15, 0.2) is 0 Å². The van der Waals surface area contributed by atoms with Crippen molar-refractivity contribution in [2.24, 2.45) is 0 Å². The highest BCUT2D eigenvalue weighted by atomic mass is 15.3. The van der Waals surface area contributed by atoms with E-state index in [9.17, 15) is 0 Å². The smallest absolute Gasteiger partial charge is 0.0264 e. The SMILES string of the molecule is CN1CCC(N2CCNCC2Cc2ccccc2)CC1. The number of piperidine rings is 1. The van der Waals surface area contributed by atoms with Crippen molar-refractivity contribution in [2.45, 2.75) is 31.3 Å². The molecule has 3 nitrogen and oxygen atoms in total. The molecule has 0 radical (unpaired) electrons. The summed E-state index contributed by atoms with van der Waals surface area (Å²) >= 11 is 0. The molecule has 2 aliphatic heterocycles. The topological polar surface area (TPSA) is 18.5 Å². The number of nitrogens with one attached hydrogen (secondary N) is 1.